The molecule has 0 aliphatic rings. The summed E-state index contributed by atoms with van der Waals surface area (Å²) in [6.45, 7) is 2.23. The van der Waals surface area contributed by atoms with Gasteiger partial charge in [-0.05, 0) is 53.6 Å². The van der Waals surface area contributed by atoms with Crippen molar-refractivity contribution >= 4 is 28.3 Å². The lowest BCUT2D eigenvalue weighted by Gasteiger charge is -2.09. The number of anilines is 1. The third-order valence-corrected chi connectivity index (χ3v) is 3.93. The first-order chi connectivity index (χ1) is 13.2. The number of fused-ring (bicyclic) bond motifs is 1. The van der Waals surface area contributed by atoms with Gasteiger partial charge in [-0.2, -0.15) is 0 Å². The number of hydrogen-bond acceptors (Lipinski definition) is 4. The molecule has 3 rings (SSSR count). The first-order valence-electron chi connectivity index (χ1n) is 8.84. The van der Waals surface area contributed by atoms with Crippen LogP contribution >= 0.6 is 0 Å². The second-order valence-corrected chi connectivity index (χ2v) is 6.06. The number of hydrogen-bond donors (Lipinski definition) is 1. The molecule has 138 valence electrons. The highest BCUT2D eigenvalue weighted by molar-refractivity contribution is 5.93. The van der Waals surface area contributed by atoms with Crippen LogP contribution in [0.25, 0.3) is 10.8 Å². The van der Waals surface area contributed by atoms with E-state index in [0.717, 1.165) is 17.2 Å². The van der Waals surface area contributed by atoms with Crippen molar-refractivity contribution in [2.75, 3.05) is 18.5 Å². The number of benzene rings is 3. The van der Waals surface area contributed by atoms with Gasteiger partial charge in [0.2, 0.25) is 0 Å². The first kappa shape index (κ1) is 18.5. The summed E-state index contributed by atoms with van der Waals surface area (Å²) in [5.74, 6) is -0.00306. The molecule has 0 saturated carbocycles. The van der Waals surface area contributed by atoms with E-state index in [0.29, 0.717) is 23.6 Å². The molecule has 0 aromatic heterocycles. The largest absolute Gasteiger partial charge is 0.484 e. The predicted molar refractivity (Wildman–Crippen MR) is 105 cm³/mol. The SMILES string of the molecule is CCCOC(=O)c1ccc(NC(=O)COc2ccc3ccccc3c2)cc1. The Balaban J connectivity index is 1.53. The van der Waals surface area contributed by atoms with Gasteiger partial charge in [0.05, 0.1) is 12.2 Å². The van der Waals surface area contributed by atoms with Gasteiger partial charge in [-0.3, -0.25) is 4.79 Å². The number of rotatable bonds is 7. The average Bonchev–Trinajstić information content (AvgIpc) is 2.71. The number of esters is 1. The van der Waals surface area contributed by atoms with Gasteiger partial charge in [0, 0.05) is 5.69 Å². The van der Waals surface area contributed by atoms with Crippen LogP contribution in [0.4, 0.5) is 5.69 Å². The Hall–Kier alpha value is -3.34. The maximum absolute atomic E-state index is 12.1. The van der Waals surface area contributed by atoms with Gasteiger partial charge in [-0.25, -0.2) is 4.79 Å². The fraction of sp³-hybridized carbons (Fsp3) is 0.182. The molecule has 0 radical (unpaired) electrons. The molecule has 0 unspecified atom stereocenters. The van der Waals surface area contributed by atoms with E-state index in [2.05, 4.69) is 5.32 Å². The van der Waals surface area contributed by atoms with E-state index in [1.807, 2.05) is 49.4 Å². The fourth-order valence-corrected chi connectivity index (χ4v) is 2.57. The highest BCUT2D eigenvalue weighted by Gasteiger charge is 2.08. The van der Waals surface area contributed by atoms with Gasteiger partial charge in [0.25, 0.3) is 5.91 Å². The summed E-state index contributed by atoms with van der Waals surface area (Å²) in [7, 11) is 0. The Bertz CT molecular complexity index is 934. The third-order valence-electron chi connectivity index (χ3n) is 3.93. The van der Waals surface area contributed by atoms with Crippen molar-refractivity contribution in [1.82, 2.24) is 0 Å². The van der Waals surface area contributed by atoms with E-state index in [1.165, 1.54) is 0 Å². The van der Waals surface area contributed by atoms with Crippen molar-refractivity contribution < 1.29 is 19.1 Å². The van der Waals surface area contributed by atoms with Crippen LogP contribution in [0.2, 0.25) is 0 Å². The molecule has 0 aliphatic carbocycles. The second-order valence-electron chi connectivity index (χ2n) is 6.06. The van der Waals surface area contributed by atoms with E-state index in [9.17, 15) is 9.59 Å². The standard InChI is InChI=1S/C22H21NO4/c1-2-13-26-22(25)17-7-10-19(11-8-17)23-21(24)15-27-20-12-9-16-5-3-4-6-18(16)14-20/h3-12,14H,2,13,15H2,1H3,(H,23,24). The molecule has 0 atom stereocenters. The van der Waals surface area contributed by atoms with Crippen molar-refractivity contribution in [1.29, 1.82) is 0 Å². The molecule has 5 nitrogen and oxygen atoms in total. The Kier molecular flexibility index (Phi) is 6.05. The lowest BCUT2D eigenvalue weighted by atomic mass is 10.1. The molecule has 0 heterocycles. The molecule has 1 amide bonds. The minimum atomic E-state index is -0.366. The number of nitrogens with one attached hydrogen (secondary N) is 1. The topological polar surface area (TPSA) is 64.6 Å². The summed E-state index contributed by atoms with van der Waals surface area (Å²) in [5.41, 5.74) is 1.04. The van der Waals surface area contributed by atoms with Crippen molar-refractivity contribution in [3.05, 3.63) is 72.3 Å². The second kappa shape index (κ2) is 8.85. The average molecular weight is 363 g/mol. The summed E-state index contributed by atoms with van der Waals surface area (Å²) < 4.78 is 10.6. The maximum Gasteiger partial charge on any atom is 0.338 e. The Labute approximate surface area is 157 Å². The molecule has 0 spiro atoms. The maximum atomic E-state index is 12.1. The Morgan fingerprint density at radius 2 is 1.67 bits per heavy atom. The van der Waals surface area contributed by atoms with Crippen LogP contribution in [0.5, 0.6) is 5.75 Å². The molecule has 1 N–H and O–H groups in total. The Morgan fingerprint density at radius 1 is 0.926 bits per heavy atom. The summed E-state index contributed by atoms with van der Waals surface area (Å²) in [5, 5.41) is 4.92. The molecule has 0 fully saturated rings. The van der Waals surface area contributed by atoms with Gasteiger partial charge >= 0.3 is 5.97 Å². The molecular weight excluding hydrogens is 342 g/mol. The minimum Gasteiger partial charge on any atom is -0.484 e. The molecule has 3 aromatic carbocycles. The predicted octanol–water partition coefficient (Wildman–Crippen LogP) is 4.42. The van der Waals surface area contributed by atoms with E-state index in [-0.39, 0.29) is 18.5 Å². The van der Waals surface area contributed by atoms with Crippen molar-refractivity contribution in [3.8, 4) is 5.75 Å². The molecule has 27 heavy (non-hydrogen) atoms. The van der Waals surface area contributed by atoms with E-state index in [1.54, 1.807) is 24.3 Å². The normalized spacial score (nSPS) is 10.4. The zero-order valence-electron chi connectivity index (χ0n) is 15.1. The summed E-state index contributed by atoms with van der Waals surface area (Å²) in [6.07, 6.45) is 0.775. The monoisotopic (exact) mass is 363 g/mol. The Morgan fingerprint density at radius 3 is 2.41 bits per heavy atom. The van der Waals surface area contributed by atoms with Crippen LogP contribution in [0.3, 0.4) is 0 Å². The van der Waals surface area contributed by atoms with Gasteiger partial charge in [0.1, 0.15) is 5.75 Å². The van der Waals surface area contributed by atoms with Gasteiger partial charge in [0.15, 0.2) is 6.61 Å². The number of amides is 1. The zero-order valence-corrected chi connectivity index (χ0v) is 15.1. The molecule has 0 saturated heterocycles. The molecular formula is C22H21NO4. The number of carbonyl (C=O) groups excluding carboxylic acids is 2. The van der Waals surface area contributed by atoms with E-state index in [4.69, 9.17) is 9.47 Å². The lowest BCUT2D eigenvalue weighted by molar-refractivity contribution is -0.118. The van der Waals surface area contributed by atoms with E-state index >= 15 is 0 Å². The van der Waals surface area contributed by atoms with Crippen LogP contribution in [0.1, 0.15) is 23.7 Å². The van der Waals surface area contributed by atoms with Crippen molar-refractivity contribution in [2.45, 2.75) is 13.3 Å². The van der Waals surface area contributed by atoms with Crippen LogP contribution in [-0.2, 0) is 9.53 Å². The van der Waals surface area contributed by atoms with Crippen LogP contribution in [0.15, 0.2) is 66.7 Å². The number of ether oxygens (including phenoxy) is 2. The fourth-order valence-electron chi connectivity index (χ4n) is 2.57. The highest BCUT2D eigenvalue weighted by Crippen LogP contribution is 2.20. The minimum absolute atomic E-state index is 0.0986. The molecule has 3 aromatic rings. The van der Waals surface area contributed by atoms with Crippen LogP contribution in [0, 0.1) is 0 Å². The van der Waals surface area contributed by atoms with Gasteiger partial charge < -0.3 is 14.8 Å². The van der Waals surface area contributed by atoms with E-state index < -0.39 is 0 Å². The third kappa shape index (κ3) is 5.07. The summed E-state index contributed by atoms with van der Waals surface area (Å²) in [6, 6.07) is 20.2. The first-order valence-corrected chi connectivity index (χ1v) is 8.84. The van der Waals surface area contributed by atoms with Gasteiger partial charge in [-0.1, -0.05) is 37.3 Å². The smallest absolute Gasteiger partial charge is 0.338 e. The summed E-state index contributed by atoms with van der Waals surface area (Å²) >= 11 is 0. The summed E-state index contributed by atoms with van der Waals surface area (Å²) in [4.78, 5) is 23.8. The van der Waals surface area contributed by atoms with Crippen molar-refractivity contribution in [3.63, 3.8) is 0 Å². The number of carbonyl (C=O) groups is 2. The quantitative estimate of drug-likeness (QED) is 0.631. The molecule has 5 heteroatoms. The van der Waals surface area contributed by atoms with Crippen molar-refractivity contribution in [2.24, 2.45) is 0 Å². The lowest BCUT2D eigenvalue weighted by Crippen LogP contribution is -2.20. The van der Waals surface area contributed by atoms with Gasteiger partial charge in [-0.15, -0.1) is 0 Å². The molecule has 0 bridgehead atoms. The highest BCUT2D eigenvalue weighted by atomic mass is 16.5. The van der Waals surface area contributed by atoms with Crippen LogP contribution in [-0.4, -0.2) is 25.1 Å². The van der Waals surface area contributed by atoms with Crippen LogP contribution < -0.4 is 10.1 Å². The zero-order chi connectivity index (χ0) is 19.1. The molecule has 0 aliphatic heterocycles.